The Kier molecular flexibility index (Phi) is 7.24. The first-order chi connectivity index (χ1) is 15.1. The van der Waals surface area contributed by atoms with E-state index in [1.165, 1.54) is 43.3 Å². The van der Waals surface area contributed by atoms with E-state index in [0.29, 0.717) is 53.1 Å². The van der Waals surface area contributed by atoms with Gasteiger partial charge in [-0.2, -0.15) is 0 Å². The van der Waals surface area contributed by atoms with E-state index in [-0.39, 0.29) is 18.3 Å². The minimum atomic E-state index is -0.185. The van der Waals surface area contributed by atoms with Gasteiger partial charge in [-0.1, -0.05) is 12.8 Å². The van der Waals surface area contributed by atoms with Crippen LogP contribution in [0.15, 0.2) is 16.9 Å². The summed E-state index contributed by atoms with van der Waals surface area (Å²) < 4.78 is 12.6. The third kappa shape index (κ3) is 5.46. The summed E-state index contributed by atoms with van der Waals surface area (Å²) in [7, 11) is 0. The number of hydrogen-bond donors (Lipinski definition) is 2. The highest BCUT2D eigenvalue weighted by atomic mass is 32.1. The molecule has 1 aromatic heterocycles. The summed E-state index contributed by atoms with van der Waals surface area (Å²) in [5.74, 6) is 1.17. The van der Waals surface area contributed by atoms with E-state index in [4.69, 9.17) is 21.7 Å². The molecule has 0 radical (unpaired) electrons. The van der Waals surface area contributed by atoms with Crippen molar-refractivity contribution in [3.63, 3.8) is 0 Å². The number of carbonyl (C=O) groups is 1. The summed E-state index contributed by atoms with van der Waals surface area (Å²) in [6, 6.07) is 3.41. The second kappa shape index (κ2) is 10.3. The molecule has 1 aromatic carbocycles. The first-order valence-electron chi connectivity index (χ1n) is 11.2. The van der Waals surface area contributed by atoms with Crippen LogP contribution in [-0.4, -0.2) is 53.3 Å². The van der Waals surface area contributed by atoms with E-state index in [1.54, 1.807) is 12.1 Å². The molecule has 0 unspecified atom stereocenters. The van der Waals surface area contributed by atoms with Gasteiger partial charge in [-0.25, -0.2) is 0 Å². The molecule has 0 spiro atoms. The van der Waals surface area contributed by atoms with Gasteiger partial charge in [0.1, 0.15) is 0 Å². The normalized spacial score (nSPS) is 16.4. The minimum absolute atomic E-state index is 0.0166. The Bertz CT molecular complexity index is 1040. The largest absolute Gasteiger partial charge is 0.454 e. The van der Waals surface area contributed by atoms with Crippen molar-refractivity contribution >= 4 is 29.0 Å². The van der Waals surface area contributed by atoms with E-state index in [0.717, 1.165) is 13.0 Å². The number of benzene rings is 1. The van der Waals surface area contributed by atoms with Crippen LogP contribution in [0.1, 0.15) is 44.9 Å². The molecular formula is C22H30N4O4S. The van der Waals surface area contributed by atoms with Gasteiger partial charge in [0.2, 0.25) is 12.7 Å². The van der Waals surface area contributed by atoms with Crippen molar-refractivity contribution in [3.8, 4) is 11.5 Å². The molecule has 2 N–H and O–H groups in total. The number of likely N-dealkylation sites (tertiary alicyclic amines) is 1. The molecule has 4 rings (SSSR count). The number of nitrogens with zero attached hydrogens (tertiary/aromatic N) is 2. The maximum absolute atomic E-state index is 12.9. The second-order valence-corrected chi connectivity index (χ2v) is 8.59. The summed E-state index contributed by atoms with van der Waals surface area (Å²) in [5.41, 5.74) is 0.438. The molecule has 0 atom stereocenters. The fourth-order valence-electron chi connectivity index (χ4n) is 4.22. The van der Waals surface area contributed by atoms with E-state index in [9.17, 15) is 9.59 Å². The maximum Gasteiger partial charge on any atom is 0.262 e. The van der Waals surface area contributed by atoms with E-state index < -0.39 is 0 Å². The molecule has 2 aliphatic heterocycles. The molecule has 9 heteroatoms. The van der Waals surface area contributed by atoms with Gasteiger partial charge in [-0.15, -0.1) is 0 Å². The zero-order chi connectivity index (χ0) is 21.6. The van der Waals surface area contributed by atoms with E-state index >= 15 is 0 Å². The number of ether oxygens (including phenoxy) is 2. The molecule has 1 saturated heterocycles. The molecule has 2 aromatic rings. The second-order valence-electron chi connectivity index (χ2n) is 8.20. The van der Waals surface area contributed by atoms with Crippen molar-refractivity contribution in [2.24, 2.45) is 0 Å². The van der Waals surface area contributed by atoms with E-state index in [2.05, 4.69) is 15.2 Å². The lowest BCUT2D eigenvalue weighted by atomic mass is 10.2. The molecule has 0 bridgehead atoms. The van der Waals surface area contributed by atoms with Crippen molar-refractivity contribution in [2.75, 3.05) is 33.0 Å². The van der Waals surface area contributed by atoms with Crippen LogP contribution in [0.3, 0.4) is 0 Å². The first-order valence-corrected chi connectivity index (χ1v) is 11.6. The Morgan fingerprint density at radius 1 is 1.06 bits per heavy atom. The molecule has 8 nitrogen and oxygen atoms in total. The fourth-order valence-corrected chi connectivity index (χ4v) is 4.51. The number of fused-ring (bicyclic) bond motifs is 2. The molecular weight excluding hydrogens is 416 g/mol. The number of carbonyl (C=O) groups excluding carboxylic acids is 1. The highest BCUT2D eigenvalue weighted by molar-refractivity contribution is 7.71. The number of aromatic nitrogens is 2. The Morgan fingerprint density at radius 2 is 1.81 bits per heavy atom. The van der Waals surface area contributed by atoms with Crippen LogP contribution in [0.5, 0.6) is 11.5 Å². The number of hydrogen-bond acceptors (Lipinski definition) is 6. The molecule has 1 fully saturated rings. The van der Waals surface area contributed by atoms with Gasteiger partial charge in [0.15, 0.2) is 16.3 Å². The molecule has 0 aliphatic carbocycles. The molecule has 31 heavy (non-hydrogen) atoms. The topological polar surface area (TPSA) is 88.6 Å². The summed E-state index contributed by atoms with van der Waals surface area (Å²) in [6.45, 7) is 4.63. The predicted octanol–water partition coefficient (Wildman–Crippen LogP) is 2.95. The van der Waals surface area contributed by atoms with Gasteiger partial charge in [0, 0.05) is 25.6 Å². The smallest absolute Gasteiger partial charge is 0.262 e. The summed E-state index contributed by atoms with van der Waals surface area (Å²) in [5, 5.41) is 3.49. The predicted molar refractivity (Wildman–Crippen MR) is 121 cm³/mol. The fraction of sp³-hybridized carbons (Fsp3) is 0.591. The quantitative estimate of drug-likeness (QED) is 0.479. The summed E-state index contributed by atoms with van der Waals surface area (Å²) >= 11 is 5.36. The van der Waals surface area contributed by atoms with Gasteiger partial charge in [0.05, 0.1) is 10.9 Å². The lowest BCUT2D eigenvalue weighted by molar-refractivity contribution is -0.121. The lowest BCUT2D eigenvalue weighted by Gasteiger charge is -2.19. The van der Waals surface area contributed by atoms with Crippen LogP contribution in [-0.2, 0) is 11.3 Å². The molecule has 3 heterocycles. The van der Waals surface area contributed by atoms with Gasteiger partial charge in [0.25, 0.3) is 5.56 Å². The van der Waals surface area contributed by atoms with E-state index in [1.807, 2.05) is 0 Å². The SMILES string of the molecule is O=C(CCCn1c(=S)[nH]c2cc3c(cc2c1=O)OCO3)NCCCN1CCCCCC1. The van der Waals surface area contributed by atoms with Gasteiger partial charge >= 0.3 is 0 Å². The van der Waals surface area contributed by atoms with Crippen molar-refractivity contribution in [1.82, 2.24) is 19.8 Å². The minimum Gasteiger partial charge on any atom is -0.454 e. The zero-order valence-corrected chi connectivity index (χ0v) is 18.6. The number of amides is 1. The van der Waals surface area contributed by atoms with Crippen molar-refractivity contribution in [2.45, 2.75) is 51.5 Å². The number of nitrogens with one attached hydrogen (secondary N) is 2. The third-order valence-electron chi connectivity index (χ3n) is 5.93. The van der Waals surface area contributed by atoms with Crippen LogP contribution in [0, 0.1) is 4.77 Å². The summed E-state index contributed by atoms with van der Waals surface area (Å²) in [4.78, 5) is 30.6. The molecule has 2 aliphatic rings. The van der Waals surface area contributed by atoms with Crippen LogP contribution < -0.4 is 20.3 Å². The van der Waals surface area contributed by atoms with Crippen molar-refractivity contribution < 1.29 is 14.3 Å². The maximum atomic E-state index is 12.9. The molecule has 1 amide bonds. The van der Waals surface area contributed by atoms with Crippen LogP contribution in [0.2, 0.25) is 0 Å². The lowest BCUT2D eigenvalue weighted by Crippen LogP contribution is -2.30. The average molecular weight is 447 g/mol. The molecule has 168 valence electrons. The summed E-state index contributed by atoms with van der Waals surface area (Å²) in [6.07, 6.45) is 7.12. The van der Waals surface area contributed by atoms with Crippen molar-refractivity contribution in [1.29, 1.82) is 0 Å². The van der Waals surface area contributed by atoms with Crippen LogP contribution in [0.25, 0.3) is 10.9 Å². The Hall–Kier alpha value is -2.39. The van der Waals surface area contributed by atoms with Gasteiger partial charge in [-0.05, 0) is 63.6 Å². The number of rotatable bonds is 8. The van der Waals surface area contributed by atoms with Crippen LogP contribution in [0.4, 0.5) is 0 Å². The zero-order valence-electron chi connectivity index (χ0n) is 17.8. The van der Waals surface area contributed by atoms with Gasteiger partial charge < -0.3 is 24.7 Å². The Labute approximate surface area is 186 Å². The van der Waals surface area contributed by atoms with Gasteiger partial charge in [-0.3, -0.25) is 14.2 Å². The highest BCUT2D eigenvalue weighted by Crippen LogP contribution is 2.34. The highest BCUT2D eigenvalue weighted by Gasteiger charge is 2.17. The Morgan fingerprint density at radius 3 is 2.58 bits per heavy atom. The monoisotopic (exact) mass is 446 g/mol. The number of H-pyrrole nitrogens is 1. The van der Waals surface area contributed by atoms with Crippen molar-refractivity contribution in [3.05, 3.63) is 27.3 Å². The average Bonchev–Trinajstić information content (AvgIpc) is 3.05. The Balaban J connectivity index is 1.25. The first kappa shape index (κ1) is 21.8. The molecule has 0 saturated carbocycles. The third-order valence-corrected chi connectivity index (χ3v) is 6.26. The van der Waals surface area contributed by atoms with Crippen LogP contribution >= 0.6 is 12.2 Å². The number of aromatic amines is 1. The standard InChI is InChI=1S/C22H30N4O4S/c27-20(23-8-6-11-25-9-3-1-2-4-10-25)7-5-12-26-21(28)16-13-18-19(30-15-29-18)14-17(16)24-22(26)31/h13-14H,1-12,15H2,(H,23,27)(H,24,31).